The van der Waals surface area contributed by atoms with Crippen molar-refractivity contribution in [2.75, 3.05) is 6.54 Å². The number of aromatic amines is 1. The second-order valence-electron chi connectivity index (χ2n) is 6.24. The SMILES string of the molecule is O=c1[nH]c(-c2cccs2)nc2c1CN(Cc1c(O)cc(O)cc1O)CC2. The molecule has 8 heteroatoms. The molecule has 1 aliphatic heterocycles. The summed E-state index contributed by atoms with van der Waals surface area (Å²) in [6.45, 7) is 1.29. The van der Waals surface area contributed by atoms with Gasteiger partial charge in [-0.05, 0) is 11.4 Å². The number of thiophene rings is 1. The molecule has 7 nitrogen and oxygen atoms in total. The summed E-state index contributed by atoms with van der Waals surface area (Å²) in [5, 5.41) is 31.3. The van der Waals surface area contributed by atoms with Gasteiger partial charge in [0, 0.05) is 43.8 Å². The molecule has 3 heterocycles. The van der Waals surface area contributed by atoms with Crippen LogP contribution in [0.5, 0.6) is 17.2 Å². The van der Waals surface area contributed by atoms with Gasteiger partial charge in [0.1, 0.15) is 17.2 Å². The van der Waals surface area contributed by atoms with Gasteiger partial charge in [-0.15, -0.1) is 11.3 Å². The Morgan fingerprint density at radius 1 is 1.23 bits per heavy atom. The van der Waals surface area contributed by atoms with Gasteiger partial charge >= 0.3 is 0 Å². The second kappa shape index (κ2) is 6.47. The van der Waals surface area contributed by atoms with Gasteiger partial charge in [-0.2, -0.15) is 0 Å². The van der Waals surface area contributed by atoms with E-state index in [4.69, 9.17) is 0 Å². The van der Waals surface area contributed by atoms with Gasteiger partial charge in [0.25, 0.3) is 5.56 Å². The summed E-state index contributed by atoms with van der Waals surface area (Å²) >= 11 is 1.52. The first-order valence-corrected chi connectivity index (χ1v) is 9.01. The zero-order valence-corrected chi connectivity index (χ0v) is 14.6. The second-order valence-corrected chi connectivity index (χ2v) is 7.19. The zero-order chi connectivity index (χ0) is 18.3. The molecule has 3 aromatic rings. The van der Waals surface area contributed by atoms with Gasteiger partial charge < -0.3 is 20.3 Å². The Kier molecular flexibility index (Phi) is 4.14. The molecule has 0 bridgehead atoms. The molecule has 134 valence electrons. The molecule has 0 amide bonds. The highest BCUT2D eigenvalue weighted by Crippen LogP contribution is 2.33. The highest BCUT2D eigenvalue weighted by Gasteiger charge is 2.23. The number of phenolic OH excluding ortho intramolecular Hbond substituents is 3. The fourth-order valence-electron chi connectivity index (χ4n) is 3.16. The van der Waals surface area contributed by atoms with Crippen LogP contribution in [0.3, 0.4) is 0 Å². The molecule has 4 rings (SSSR count). The fraction of sp³-hybridized carbons (Fsp3) is 0.222. The first-order valence-electron chi connectivity index (χ1n) is 8.13. The Balaban J connectivity index is 1.60. The Labute approximate surface area is 152 Å². The van der Waals surface area contributed by atoms with Crippen LogP contribution in [0, 0.1) is 0 Å². The molecule has 1 aromatic carbocycles. The minimum absolute atomic E-state index is 0.165. The number of aromatic hydroxyl groups is 3. The number of nitrogens with zero attached hydrogens (tertiary/aromatic N) is 2. The number of hydrogen-bond acceptors (Lipinski definition) is 7. The van der Waals surface area contributed by atoms with E-state index >= 15 is 0 Å². The Hall–Kier alpha value is -2.84. The maximum atomic E-state index is 12.5. The van der Waals surface area contributed by atoms with Crippen molar-refractivity contribution in [2.24, 2.45) is 0 Å². The lowest BCUT2D eigenvalue weighted by atomic mass is 10.0. The molecule has 0 unspecified atom stereocenters. The lowest BCUT2D eigenvalue weighted by Crippen LogP contribution is -2.35. The third-order valence-corrected chi connectivity index (χ3v) is 5.35. The maximum Gasteiger partial charge on any atom is 0.255 e. The molecule has 0 spiro atoms. The molecule has 0 aliphatic carbocycles. The van der Waals surface area contributed by atoms with Gasteiger partial charge in [0.05, 0.1) is 16.1 Å². The molecule has 0 radical (unpaired) electrons. The Morgan fingerprint density at radius 2 is 2.00 bits per heavy atom. The molecule has 0 saturated heterocycles. The number of hydrogen-bond donors (Lipinski definition) is 4. The normalized spacial score (nSPS) is 14.3. The lowest BCUT2D eigenvalue weighted by molar-refractivity contribution is 0.235. The summed E-state index contributed by atoms with van der Waals surface area (Å²) in [7, 11) is 0. The van der Waals surface area contributed by atoms with Crippen LogP contribution in [0.25, 0.3) is 10.7 Å². The predicted molar refractivity (Wildman–Crippen MR) is 97.4 cm³/mol. The average Bonchev–Trinajstić information content (AvgIpc) is 3.13. The van der Waals surface area contributed by atoms with Crippen LogP contribution in [0.4, 0.5) is 0 Å². The molecule has 1 aliphatic rings. The first kappa shape index (κ1) is 16.6. The van der Waals surface area contributed by atoms with E-state index in [0.29, 0.717) is 36.5 Å². The smallest absolute Gasteiger partial charge is 0.255 e. The number of fused-ring (bicyclic) bond motifs is 1. The van der Waals surface area contributed by atoms with Gasteiger partial charge in [-0.1, -0.05) is 6.07 Å². The Bertz CT molecular complexity index is 991. The van der Waals surface area contributed by atoms with Gasteiger partial charge in [-0.3, -0.25) is 9.69 Å². The van der Waals surface area contributed by atoms with Gasteiger partial charge in [-0.25, -0.2) is 4.98 Å². The first-order chi connectivity index (χ1) is 12.5. The molecule has 0 saturated carbocycles. The number of aromatic nitrogens is 2. The van der Waals surface area contributed by atoms with E-state index in [2.05, 4.69) is 9.97 Å². The van der Waals surface area contributed by atoms with Crippen LogP contribution in [-0.4, -0.2) is 36.7 Å². The van der Waals surface area contributed by atoms with E-state index in [1.54, 1.807) is 0 Å². The average molecular weight is 371 g/mol. The molecule has 4 N–H and O–H groups in total. The topological polar surface area (TPSA) is 110 Å². The third kappa shape index (κ3) is 3.04. The van der Waals surface area contributed by atoms with Crippen molar-refractivity contribution < 1.29 is 15.3 Å². The van der Waals surface area contributed by atoms with Crippen molar-refractivity contribution in [2.45, 2.75) is 19.5 Å². The summed E-state index contributed by atoms with van der Waals surface area (Å²) in [5.41, 5.74) is 1.55. The molecule has 0 atom stereocenters. The molecule has 2 aromatic heterocycles. The minimum atomic E-state index is -0.200. The quantitative estimate of drug-likeness (QED) is 0.562. The summed E-state index contributed by atoms with van der Waals surface area (Å²) in [4.78, 5) is 22.8. The summed E-state index contributed by atoms with van der Waals surface area (Å²) in [6.07, 6.45) is 0.608. The van der Waals surface area contributed by atoms with Crippen molar-refractivity contribution in [3.8, 4) is 28.0 Å². The molecular formula is C18H17N3O4S. The lowest BCUT2D eigenvalue weighted by Gasteiger charge is -2.28. The number of rotatable bonds is 3. The van der Waals surface area contributed by atoms with Crippen LogP contribution < -0.4 is 5.56 Å². The van der Waals surface area contributed by atoms with Gasteiger partial charge in [0.2, 0.25) is 0 Å². The fourth-order valence-corrected chi connectivity index (χ4v) is 3.83. The van der Waals surface area contributed by atoms with Gasteiger partial charge in [0.15, 0.2) is 5.82 Å². The van der Waals surface area contributed by atoms with Crippen LogP contribution >= 0.6 is 11.3 Å². The molecule has 0 fully saturated rings. The monoisotopic (exact) mass is 371 g/mol. The van der Waals surface area contributed by atoms with Crippen LogP contribution in [0.2, 0.25) is 0 Å². The minimum Gasteiger partial charge on any atom is -0.508 e. The highest BCUT2D eigenvalue weighted by atomic mass is 32.1. The van der Waals surface area contributed by atoms with Crippen molar-refractivity contribution in [1.29, 1.82) is 0 Å². The van der Waals surface area contributed by atoms with E-state index in [1.807, 2.05) is 22.4 Å². The summed E-state index contributed by atoms with van der Waals surface area (Å²) < 4.78 is 0. The number of phenols is 3. The van der Waals surface area contributed by atoms with E-state index in [9.17, 15) is 20.1 Å². The van der Waals surface area contributed by atoms with Crippen molar-refractivity contribution in [3.63, 3.8) is 0 Å². The van der Waals surface area contributed by atoms with Crippen LogP contribution in [-0.2, 0) is 19.5 Å². The van der Waals surface area contributed by atoms with E-state index in [1.165, 1.54) is 23.5 Å². The number of nitrogens with one attached hydrogen (secondary N) is 1. The van der Waals surface area contributed by atoms with Crippen molar-refractivity contribution in [3.05, 3.63) is 56.8 Å². The van der Waals surface area contributed by atoms with Crippen molar-refractivity contribution >= 4 is 11.3 Å². The van der Waals surface area contributed by atoms with E-state index in [-0.39, 0.29) is 29.4 Å². The molecular weight excluding hydrogens is 354 g/mol. The number of H-pyrrole nitrogens is 1. The van der Waals surface area contributed by atoms with E-state index in [0.717, 1.165) is 10.6 Å². The standard InChI is InChI=1S/C18H17N3O4S/c22-10-6-14(23)12(15(24)7-10)9-21-4-3-13-11(8-21)18(25)20-17(19-13)16-2-1-5-26-16/h1-2,5-7,22-24H,3-4,8-9H2,(H,19,20,25). The highest BCUT2D eigenvalue weighted by molar-refractivity contribution is 7.13. The maximum absolute atomic E-state index is 12.5. The summed E-state index contributed by atoms with van der Waals surface area (Å²) in [5.74, 6) is 0.0438. The number of benzene rings is 1. The largest absolute Gasteiger partial charge is 0.508 e. The summed E-state index contributed by atoms with van der Waals surface area (Å²) in [6, 6.07) is 6.21. The van der Waals surface area contributed by atoms with E-state index < -0.39 is 0 Å². The van der Waals surface area contributed by atoms with Crippen LogP contribution in [0.15, 0.2) is 34.4 Å². The third-order valence-electron chi connectivity index (χ3n) is 4.47. The van der Waals surface area contributed by atoms with Crippen molar-refractivity contribution in [1.82, 2.24) is 14.9 Å². The predicted octanol–water partition coefficient (Wildman–Crippen LogP) is 2.17. The van der Waals surface area contributed by atoms with Crippen LogP contribution in [0.1, 0.15) is 16.8 Å². The zero-order valence-electron chi connectivity index (χ0n) is 13.8. The molecule has 26 heavy (non-hydrogen) atoms. The Morgan fingerprint density at radius 3 is 2.69 bits per heavy atom.